The van der Waals surface area contributed by atoms with Crippen LogP contribution in [0.3, 0.4) is 0 Å². The SMILES string of the molecule is CNCCc1cc(-c2ccc(F)c(Cl)c2)nn1C. The minimum Gasteiger partial charge on any atom is -0.319 e. The summed E-state index contributed by atoms with van der Waals surface area (Å²) in [6.45, 7) is 0.892. The van der Waals surface area contributed by atoms with Crippen molar-refractivity contribution < 1.29 is 4.39 Å². The fraction of sp³-hybridized carbons (Fsp3) is 0.308. The highest BCUT2D eigenvalue weighted by molar-refractivity contribution is 6.31. The summed E-state index contributed by atoms with van der Waals surface area (Å²) in [5.41, 5.74) is 2.76. The van der Waals surface area contributed by atoms with Crippen LogP contribution in [0.1, 0.15) is 5.69 Å². The molecule has 0 aliphatic carbocycles. The number of aromatic nitrogens is 2. The first-order valence-electron chi connectivity index (χ1n) is 5.74. The predicted octanol–water partition coefficient (Wildman–Crippen LogP) is 2.64. The van der Waals surface area contributed by atoms with Crippen molar-refractivity contribution >= 4 is 11.6 Å². The van der Waals surface area contributed by atoms with E-state index >= 15 is 0 Å². The molecule has 1 heterocycles. The van der Waals surface area contributed by atoms with Crippen LogP contribution in [0.4, 0.5) is 4.39 Å². The fourth-order valence-electron chi connectivity index (χ4n) is 1.79. The zero-order valence-corrected chi connectivity index (χ0v) is 11.1. The molecule has 3 nitrogen and oxygen atoms in total. The van der Waals surface area contributed by atoms with Gasteiger partial charge < -0.3 is 5.32 Å². The lowest BCUT2D eigenvalue weighted by Crippen LogP contribution is -2.12. The number of aryl methyl sites for hydroxylation is 1. The van der Waals surface area contributed by atoms with E-state index in [1.54, 1.807) is 12.1 Å². The molecule has 0 unspecified atom stereocenters. The number of hydrogen-bond donors (Lipinski definition) is 1. The Labute approximate surface area is 111 Å². The van der Waals surface area contributed by atoms with Gasteiger partial charge in [0.2, 0.25) is 0 Å². The van der Waals surface area contributed by atoms with E-state index < -0.39 is 5.82 Å². The topological polar surface area (TPSA) is 29.9 Å². The molecule has 0 radical (unpaired) electrons. The largest absolute Gasteiger partial charge is 0.319 e. The number of nitrogens with one attached hydrogen (secondary N) is 1. The van der Waals surface area contributed by atoms with Gasteiger partial charge in [-0.05, 0) is 31.3 Å². The third kappa shape index (κ3) is 2.71. The lowest BCUT2D eigenvalue weighted by atomic mass is 10.1. The Morgan fingerprint density at radius 3 is 2.83 bits per heavy atom. The van der Waals surface area contributed by atoms with Gasteiger partial charge in [0.25, 0.3) is 0 Å². The normalized spacial score (nSPS) is 10.9. The summed E-state index contributed by atoms with van der Waals surface area (Å²) in [7, 11) is 3.82. The Morgan fingerprint density at radius 2 is 2.17 bits per heavy atom. The van der Waals surface area contributed by atoms with Crippen molar-refractivity contribution in [3.05, 3.63) is 40.8 Å². The van der Waals surface area contributed by atoms with Crippen molar-refractivity contribution in [2.75, 3.05) is 13.6 Å². The molecule has 1 aromatic carbocycles. The van der Waals surface area contributed by atoms with Crippen molar-refractivity contribution in [1.82, 2.24) is 15.1 Å². The Kier molecular flexibility index (Phi) is 3.99. The first-order chi connectivity index (χ1) is 8.61. The molecule has 0 bridgehead atoms. The Morgan fingerprint density at radius 1 is 1.39 bits per heavy atom. The Balaban J connectivity index is 2.30. The van der Waals surface area contributed by atoms with E-state index in [-0.39, 0.29) is 5.02 Å². The second-order valence-electron chi connectivity index (χ2n) is 4.13. The summed E-state index contributed by atoms with van der Waals surface area (Å²) in [5, 5.41) is 7.63. The van der Waals surface area contributed by atoms with Gasteiger partial charge in [-0.1, -0.05) is 11.6 Å². The van der Waals surface area contributed by atoms with Crippen LogP contribution in [0.15, 0.2) is 24.3 Å². The Hall–Kier alpha value is -1.39. The summed E-state index contributed by atoms with van der Waals surface area (Å²) in [5.74, 6) is -0.410. The molecule has 0 fully saturated rings. The number of likely N-dealkylation sites (N-methyl/N-ethyl adjacent to an activating group) is 1. The molecule has 0 amide bonds. The van der Waals surface area contributed by atoms with E-state index in [9.17, 15) is 4.39 Å². The molecule has 0 aliphatic heterocycles. The van der Waals surface area contributed by atoms with Gasteiger partial charge in [-0.3, -0.25) is 4.68 Å². The average Bonchev–Trinajstić information content (AvgIpc) is 2.72. The van der Waals surface area contributed by atoms with Crippen molar-refractivity contribution in [3.63, 3.8) is 0 Å². The molecule has 5 heteroatoms. The maximum absolute atomic E-state index is 13.1. The summed E-state index contributed by atoms with van der Waals surface area (Å²) in [6.07, 6.45) is 0.898. The van der Waals surface area contributed by atoms with Crippen LogP contribution in [-0.2, 0) is 13.5 Å². The molecule has 0 spiro atoms. The number of hydrogen-bond acceptors (Lipinski definition) is 2. The van der Waals surface area contributed by atoms with E-state index in [0.717, 1.165) is 29.9 Å². The molecular weight excluding hydrogens is 253 g/mol. The molecule has 0 atom stereocenters. The maximum Gasteiger partial charge on any atom is 0.141 e. The number of halogens is 2. The zero-order chi connectivity index (χ0) is 13.1. The van der Waals surface area contributed by atoms with E-state index in [2.05, 4.69) is 10.4 Å². The second kappa shape index (κ2) is 5.50. The first kappa shape index (κ1) is 13.1. The van der Waals surface area contributed by atoms with Crippen LogP contribution in [0, 0.1) is 5.82 Å². The molecule has 0 saturated heterocycles. The summed E-state index contributed by atoms with van der Waals surface area (Å²) >= 11 is 5.77. The molecule has 1 N–H and O–H groups in total. The molecule has 0 aliphatic rings. The molecule has 0 saturated carbocycles. The number of rotatable bonds is 4. The van der Waals surface area contributed by atoms with E-state index in [0.29, 0.717) is 0 Å². The minimum atomic E-state index is -0.410. The van der Waals surface area contributed by atoms with Crippen molar-refractivity contribution in [3.8, 4) is 11.3 Å². The van der Waals surface area contributed by atoms with Crippen LogP contribution in [0.5, 0.6) is 0 Å². The van der Waals surface area contributed by atoms with E-state index in [1.807, 2.05) is 24.8 Å². The van der Waals surface area contributed by atoms with Crippen LogP contribution in [0.25, 0.3) is 11.3 Å². The molecule has 2 aromatic rings. The van der Waals surface area contributed by atoms with Crippen molar-refractivity contribution in [1.29, 1.82) is 0 Å². The Bertz CT molecular complexity index is 551. The van der Waals surface area contributed by atoms with Gasteiger partial charge in [-0.25, -0.2) is 4.39 Å². The minimum absolute atomic E-state index is 0.120. The van der Waals surface area contributed by atoms with Gasteiger partial charge in [0, 0.05) is 31.3 Å². The van der Waals surface area contributed by atoms with Crippen LogP contribution in [0.2, 0.25) is 5.02 Å². The molecule has 1 aromatic heterocycles. The maximum atomic E-state index is 13.1. The zero-order valence-electron chi connectivity index (χ0n) is 10.4. The van der Waals surface area contributed by atoms with Crippen molar-refractivity contribution in [2.24, 2.45) is 7.05 Å². The van der Waals surface area contributed by atoms with Gasteiger partial charge in [0.15, 0.2) is 0 Å². The summed E-state index contributed by atoms with van der Waals surface area (Å²) in [6, 6.07) is 6.65. The standard InChI is InChI=1S/C13H15ClFN3/c1-16-6-5-10-8-13(17-18(10)2)9-3-4-12(15)11(14)7-9/h3-4,7-8,16H,5-6H2,1-2H3. The third-order valence-electron chi connectivity index (χ3n) is 2.82. The highest BCUT2D eigenvalue weighted by atomic mass is 35.5. The average molecular weight is 268 g/mol. The molecule has 2 rings (SSSR count). The first-order valence-corrected chi connectivity index (χ1v) is 6.12. The predicted molar refractivity (Wildman–Crippen MR) is 71.2 cm³/mol. The lowest BCUT2D eigenvalue weighted by Gasteiger charge is -1.99. The lowest BCUT2D eigenvalue weighted by molar-refractivity contribution is 0.628. The van der Waals surface area contributed by atoms with Gasteiger partial charge in [-0.2, -0.15) is 5.10 Å². The smallest absolute Gasteiger partial charge is 0.141 e. The molecular formula is C13H15ClFN3. The quantitative estimate of drug-likeness (QED) is 0.923. The highest BCUT2D eigenvalue weighted by Gasteiger charge is 2.09. The van der Waals surface area contributed by atoms with Crippen LogP contribution < -0.4 is 5.32 Å². The number of benzene rings is 1. The van der Waals surface area contributed by atoms with Gasteiger partial charge in [0.1, 0.15) is 5.82 Å². The summed E-state index contributed by atoms with van der Waals surface area (Å²) < 4.78 is 14.9. The fourth-order valence-corrected chi connectivity index (χ4v) is 1.97. The van der Waals surface area contributed by atoms with Gasteiger partial charge in [0.05, 0.1) is 10.7 Å². The molecule has 18 heavy (non-hydrogen) atoms. The third-order valence-corrected chi connectivity index (χ3v) is 3.11. The monoisotopic (exact) mass is 267 g/mol. The van der Waals surface area contributed by atoms with E-state index in [4.69, 9.17) is 11.6 Å². The van der Waals surface area contributed by atoms with Crippen LogP contribution in [-0.4, -0.2) is 23.4 Å². The highest BCUT2D eigenvalue weighted by Crippen LogP contribution is 2.24. The van der Waals surface area contributed by atoms with Crippen LogP contribution >= 0.6 is 11.6 Å². The van der Waals surface area contributed by atoms with E-state index in [1.165, 1.54) is 6.07 Å². The number of nitrogens with zero attached hydrogens (tertiary/aromatic N) is 2. The second-order valence-corrected chi connectivity index (χ2v) is 4.53. The van der Waals surface area contributed by atoms with Crippen molar-refractivity contribution in [2.45, 2.75) is 6.42 Å². The van der Waals surface area contributed by atoms with Gasteiger partial charge in [-0.15, -0.1) is 0 Å². The van der Waals surface area contributed by atoms with Gasteiger partial charge >= 0.3 is 0 Å². The molecule has 96 valence electrons. The summed E-state index contributed by atoms with van der Waals surface area (Å²) in [4.78, 5) is 0.